The van der Waals surface area contributed by atoms with Crippen molar-refractivity contribution < 1.29 is 18.7 Å². The predicted molar refractivity (Wildman–Crippen MR) is 98.9 cm³/mol. The van der Waals surface area contributed by atoms with E-state index >= 15 is 0 Å². The van der Waals surface area contributed by atoms with Crippen molar-refractivity contribution in [2.24, 2.45) is 0 Å². The summed E-state index contributed by atoms with van der Waals surface area (Å²) >= 11 is 0. The fourth-order valence-corrected chi connectivity index (χ4v) is 3.04. The number of nitrogens with one attached hydrogen (secondary N) is 1. The molecule has 7 heteroatoms. The lowest BCUT2D eigenvalue weighted by atomic mass is 10.1. The molecule has 1 aromatic heterocycles. The van der Waals surface area contributed by atoms with Crippen molar-refractivity contribution in [1.29, 1.82) is 0 Å². The molecular formula is C20H22FN3O3. The maximum Gasteiger partial charge on any atom is 0.252 e. The van der Waals surface area contributed by atoms with Gasteiger partial charge >= 0.3 is 0 Å². The standard InChI is InChI=1S/C20H22FN3O3/c1-27-17-11-15(10-16(21)12-17)18-6-5-14(13-23-18)20(26)22-7-3-9-24-8-2-4-19(24)25/h5-6,10-13H,2-4,7-9H2,1H3,(H,22,26). The van der Waals surface area contributed by atoms with Crippen molar-refractivity contribution in [3.05, 3.63) is 47.9 Å². The molecule has 0 aliphatic carbocycles. The lowest BCUT2D eigenvalue weighted by Gasteiger charge is -2.15. The Morgan fingerprint density at radius 3 is 2.85 bits per heavy atom. The average molecular weight is 371 g/mol. The van der Waals surface area contributed by atoms with Crippen LogP contribution in [0.5, 0.6) is 5.75 Å². The summed E-state index contributed by atoms with van der Waals surface area (Å²) in [6, 6.07) is 7.67. The highest BCUT2D eigenvalue weighted by atomic mass is 19.1. The number of halogens is 1. The number of carbonyl (C=O) groups excluding carboxylic acids is 2. The summed E-state index contributed by atoms with van der Waals surface area (Å²) in [4.78, 5) is 29.8. The molecule has 0 bridgehead atoms. The highest BCUT2D eigenvalue weighted by Crippen LogP contribution is 2.24. The van der Waals surface area contributed by atoms with Gasteiger partial charge in [0.1, 0.15) is 11.6 Å². The van der Waals surface area contributed by atoms with Gasteiger partial charge in [-0.1, -0.05) is 0 Å². The van der Waals surface area contributed by atoms with Crippen LogP contribution in [-0.4, -0.2) is 48.4 Å². The minimum absolute atomic E-state index is 0.190. The lowest BCUT2D eigenvalue weighted by Crippen LogP contribution is -2.30. The van der Waals surface area contributed by atoms with Crippen LogP contribution in [0.15, 0.2) is 36.5 Å². The summed E-state index contributed by atoms with van der Waals surface area (Å²) in [5.41, 5.74) is 1.56. The van der Waals surface area contributed by atoms with Crippen LogP contribution < -0.4 is 10.1 Å². The Morgan fingerprint density at radius 1 is 1.33 bits per heavy atom. The maximum absolute atomic E-state index is 13.6. The van der Waals surface area contributed by atoms with Crippen LogP contribution in [0.25, 0.3) is 11.3 Å². The number of carbonyl (C=O) groups is 2. The fourth-order valence-electron chi connectivity index (χ4n) is 3.04. The Hall–Kier alpha value is -2.96. The van der Waals surface area contributed by atoms with E-state index in [1.165, 1.54) is 25.4 Å². The van der Waals surface area contributed by atoms with Crippen molar-refractivity contribution in [2.45, 2.75) is 19.3 Å². The number of likely N-dealkylation sites (tertiary alicyclic amines) is 1. The lowest BCUT2D eigenvalue weighted by molar-refractivity contribution is -0.127. The van der Waals surface area contributed by atoms with Gasteiger partial charge in [0.25, 0.3) is 5.91 Å². The molecular weight excluding hydrogens is 349 g/mol. The molecule has 6 nitrogen and oxygen atoms in total. The second-order valence-corrected chi connectivity index (χ2v) is 6.41. The number of ether oxygens (including phenoxy) is 1. The van der Waals surface area contributed by atoms with E-state index < -0.39 is 5.82 Å². The van der Waals surface area contributed by atoms with Gasteiger partial charge in [0.2, 0.25) is 5.91 Å². The summed E-state index contributed by atoms with van der Waals surface area (Å²) in [5, 5.41) is 2.83. The second-order valence-electron chi connectivity index (χ2n) is 6.41. The molecule has 0 atom stereocenters. The van der Waals surface area contributed by atoms with E-state index in [4.69, 9.17) is 4.74 Å². The third kappa shape index (κ3) is 4.81. The highest BCUT2D eigenvalue weighted by Gasteiger charge is 2.19. The van der Waals surface area contributed by atoms with Crippen LogP contribution in [0.4, 0.5) is 4.39 Å². The van der Waals surface area contributed by atoms with Gasteiger partial charge in [0, 0.05) is 43.9 Å². The molecule has 0 unspecified atom stereocenters. The van der Waals surface area contributed by atoms with E-state index in [9.17, 15) is 14.0 Å². The molecule has 3 rings (SSSR count). The SMILES string of the molecule is COc1cc(F)cc(-c2ccc(C(=O)NCCCN3CCCC3=O)cn2)c1. The van der Waals surface area contributed by atoms with Gasteiger partial charge in [-0.15, -0.1) is 0 Å². The van der Waals surface area contributed by atoms with Gasteiger partial charge in [-0.25, -0.2) is 4.39 Å². The molecule has 2 aromatic rings. The highest BCUT2D eigenvalue weighted by molar-refractivity contribution is 5.94. The molecule has 1 aliphatic rings. The number of rotatable bonds is 7. The van der Waals surface area contributed by atoms with Crippen molar-refractivity contribution in [1.82, 2.24) is 15.2 Å². The number of benzene rings is 1. The maximum atomic E-state index is 13.6. The number of nitrogens with zero attached hydrogens (tertiary/aromatic N) is 2. The molecule has 1 fully saturated rings. The number of aromatic nitrogens is 1. The average Bonchev–Trinajstić information content (AvgIpc) is 3.09. The van der Waals surface area contributed by atoms with Crippen molar-refractivity contribution in [2.75, 3.05) is 26.7 Å². The number of hydrogen-bond donors (Lipinski definition) is 1. The van der Waals surface area contributed by atoms with Crippen LogP contribution in [0.2, 0.25) is 0 Å². The molecule has 1 aromatic carbocycles. The third-order valence-corrected chi connectivity index (χ3v) is 4.49. The topological polar surface area (TPSA) is 71.5 Å². The number of methoxy groups -OCH3 is 1. The smallest absolute Gasteiger partial charge is 0.252 e. The van der Waals surface area contributed by atoms with E-state index in [0.29, 0.717) is 48.5 Å². The molecule has 2 amide bonds. The van der Waals surface area contributed by atoms with E-state index in [-0.39, 0.29) is 11.8 Å². The molecule has 142 valence electrons. The summed E-state index contributed by atoms with van der Waals surface area (Å²) in [5.74, 6) is -0.0386. The van der Waals surface area contributed by atoms with Crippen molar-refractivity contribution in [3.8, 4) is 17.0 Å². The molecule has 27 heavy (non-hydrogen) atoms. The van der Waals surface area contributed by atoms with E-state index in [1.54, 1.807) is 18.2 Å². The third-order valence-electron chi connectivity index (χ3n) is 4.49. The Kier molecular flexibility index (Phi) is 6.01. The number of amides is 2. The largest absolute Gasteiger partial charge is 0.497 e. The Bertz CT molecular complexity index is 824. The molecule has 2 heterocycles. The Labute approximate surface area is 157 Å². The monoisotopic (exact) mass is 371 g/mol. The van der Waals surface area contributed by atoms with Gasteiger partial charge in [0.15, 0.2) is 0 Å². The van der Waals surface area contributed by atoms with E-state index in [0.717, 1.165) is 13.0 Å². The normalized spacial score (nSPS) is 13.7. The van der Waals surface area contributed by atoms with Crippen LogP contribution in [0.3, 0.4) is 0 Å². The zero-order chi connectivity index (χ0) is 19.2. The van der Waals surface area contributed by atoms with Crippen molar-refractivity contribution in [3.63, 3.8) is 0 Å². The van der Waals surface area contributed by atoms with Crippen LogP contribution in [0, 0.1) is 5.82 Å². The Morgan fingerprint density at radius 2 is 2.19 bits per heavy atom. The quantitative estimate of drug-likeness (QED) is 0.760. The van der Waals surface area contributed by atoms with Crippen LogP contribution >= 0.6 is 0 Å². The van der Waals surface area contributed by atoms with Crippen LogP contribution in [-0.2, 0) is 4.79 Å². The molecule has 0 radical (unpaired) electrons. The first kappa shape index (κ1) is 18.8. The first-order valence-corrected chi connectivity index (χ1v) is 8.94. The minimum atomic E-state index is -0.413. The Balaban J connectivity index is 1.54. The first-order valence-electron chi connectivity index (χ1n) is 8.94. The van der Waals surface area contributed by atoms with Gasteiger partial charge in [-0.3, -0.25) is 14.6 Å². The van der Waals surface area contributed by atoms with Gasteiger partial charge in [-0.05, 0) is 37.1 Å². The summed E-state index contributed by atoms with van der Waals surface area (Å²) in [7, 11) is 1.47. The molecule has 1 saturated heterocycles. The summed E-state index contributed by atoms with van der Waals surface area (Å²) < 4.78 is 18.7. The first-order chi connectivity index (χ1) is 13.1. The van der Waals surface area contributed by atoms with Gasteiger partial charge in [0.05, 0.1) is 18.4 Å². The van der Waals surface area contributed by atoms with E-state index in [1.807, 2.05) is 4.90 Å². The second kappa shape index (κ2) is 8.62. The van der Waals surface area contributed by atoms with Crippen LogP contribution in [0.1, 0.15) is 29.6 Å². The molecule has 1 N–H and O–H groups in total. The van der Waals surface area contributed by atoms with Gasteiger partial charge < -0.3 is 15.0 Å². The number of pyridine rings is 1. The zero-order valence-corrected chi connectivity index (χ0v) is 15.2. The fraction of sp³-hybridized carbons (Fsp3) is 0.350. The summed E-state index contributed by atoms with van der Waals surface area (Å²) in [6.07, 6.45) is 3.72. The molecule has 0 saturated carbocycles. The molecule has 0 spiro atoms. The number of hydrogen-bond acceptors (Lipinski definition) is 4. The van der Waals surface area contributed by atoms with Gasteiger partial charge in [-0.2, -0.15) is 0 Å². The minimum Gasteiger partial charge on any atom is -0.497 e. The zero-order valence-electron chi connectivity index (χ0n) is 15.2. The van der Waals surface area contributed by atoms with Crippen molar-refractivity contribution >= 4 is 11.8 Å². The van der Waals surface area contributed by atoms with E-state index in [2.05, 4.69) is 10.3 Å². The summed E-state index contributed by atoms with van der Waals surface area (Å²) in [6.45, 7) is 1.96. The predicted octanol–water partition coefficient (Wildman–Crippen LogP) is 2.64. The molecule has 1 aliphatic heterocycles.